The van der Waals surface area contributed by atoms with Crippen molar-refractivity contribution in [2.45, 2.75) is 12.8 Å². The molecular formula is C30H21BrO. The monoisotopic (exact) mass is 476 g/mol. The molecule has 2 heteroatoms. The van der Waals surface area contributed by atoms with Crippen LogP contribution in [0.5, 0.6) is 0 Å². The molecule has 0 fully saturated rings. The largest absolute Gasteiger partial charge is 0.456 e. The Hall–Kier alpha value is -3.36. The molecule has 0 atom stereocenters. The van der Waals surface area contributed by atoms with Gasteiger partial charge in [-0.25, -0.2) is 0 Å². The van der Waals surface area contributed by atoms with E-state index in [4.69, 9.17) is 4.42 Å². The van der Waals surface area contributed by atoms with Crippen LogP contribution in [0.15, 0.2) is 99.9 Å². The normalized spacial score (nSPS) is 12.8. The summed E-state index contributed by atoms with van der Waals surface area (Å²) in [6, 6.07) is 32.2. The van der Waals surface area contributed by atoms with E-state index >= 15 is 0 Å². The topological polar surface area (TPSA) is 13.1 Å². The van der Waals surface area contributed by atoms with Crippen molar-refractivity contribution in [3.63, 3.8) is 0 Å². The van der Waals surface area contributed by atoms with Crippen LogP contribution in [0, 0.1) is 0 Å². The van der Waals surface area contributed by atoms with Gasteiger partial charge in [0, 0.05) is 20.6 Å². The number of furan rings is 1. The molecule has 1 heterocycles. The molecule has 5 aromatic rings. The molecule has 0 spiro atoms. The zero-order chi connectivity index (χ0) is 21.5. The number of benzene rings is 4. The third-order valence-corrected chi connectivity index (χ3v) is 6.84. The van der Waals surface area contributed by atoms with E-state index in [1.807, 2.05) is 6.07 Å². The van der Waals surface area contributed by atoms with Gasteiger partial charge >= 0.3 is 0 Å². The summed E-state index contributed by atoms with van der Waals surface area (Å²) >= 11 is 3.81. The first-order chi connectivity index (χ1) is 15.8. The van der Waals surface area contributed by atoms with E-state index < -0.39 is 0 Å². The molecule has 0 radical (unpaired) electrons. The van der Waals surface area contributed by atoms with E-state index in [0.717, 1.165) is 33.9 Å². The van der Waals surface area contributed by atoms with Gasteiger partial charge in [0.05, 0.1) is 0 Å². The van der Waals surface area contributed by atoms with Crippen molar-refractivity contribution in [1.82, 2.24) is 0 Å². The average molecular weight is 477 g/mol. The molecule has 0 unspecified atom stereocenters. The highest BCUT2D eigenvalue weighted by atomic mass is 79.9. The maximum Gasteiger partial charge on any atom is 0.143 e. The van der Waals surface area contributed by atoms with Crippen LogP contribution in [0.3, 0.4) is 0 Å². The molecule has 0 saturated carbocycles. The average Bonchev–Trinajstić information content (AvgIpc) is 3.23. The highest BCUT2D eigenvalue weighted by molar-refractivity contribution is 9.10. The van der Waals surface area contributed by atoms with Gasteiger partial charge in [0.25, 0.3) is 0 Å². The summed E-state index contributed by atoms with van der Waals surface area (Å²) < 4.78 is 7.40. The lowest BCUT2D eigenvalue weighted by atomic mass is 9.96. The first kappa shape index (κ1) is 19.3. The Bertz CT molecular complexity index is 1580. The summed E-state index contributed by atoms with van der Waals surface area (Å²) in [5, 5.41) is 2.44. The van der Waals surface area contributed by atoms with Crippen LogP contribution in [-0.2, 0) is 0 Å². The van der Waals surface area contributed by atoms with Crippen molar-refractivity contribution >= 4 is 39.1 Å². The molecule has 0 amide bonds. The maximum atomic E-state index is 6.31. The predicted octanol–water partition coefficient (Wildman–Crippen LogP) is 7.55. The third-order valence-electron chi connectivity index (χ3n) is 6.19. The number of rotatable bonds is 3. The third kappa shape index (κ3) is 3.32. The Morgan fingerprint density at radius 3 is 2.19 bits per heavy atom. The van der Waals surface area contributed by atoms with Gasteiger partial charge in [0.2, 0.25) is 0 Å². The highest BCUT2D eigenvalue weighted by Crippen LogP contribution is 2.35. The molecule has 154 valence electrons. The zero-order valence-electron chi connectivity index (χ0n) is 17.5. The van der Waals surface area contributed by atoms with Gasteiger partial charge in [0.15, 0.2) is 0 Å². The summed E-state index contributed by atoms with van der Waals surface area (Å²) in [6.45, 7) is 0. The lowest BCUT2D eigenvalue weighted by Crippen LogP contribution is -2.21. The van der Waals surface area contributed by atoms with Gasteiger partial charge in [0.1, 0.15) is 11.0 Å². The van der Waals surface area contributed by atoms with Crippen molar-refractivity contribution in [3.05, 3.63) is 106 Å². The van der Waals surface area contributed by atoms with Crippen molar-refractivity contribution in [3.8, 4) is 33.4 Å². The van der Waals surface area contributed by atoms with E-state index in [9.17, 15) is 0 Å². The number of hydrogen-bond acceptors (Lipinski definition) is 1. The Kier molecular flexibility index (Phi) is 4.81. The SMILES string of the molecule is Brc1cc(-c2ccccc2)ccc1-c1cccc(-c2cccc3c4c(oc23)=CCCC=4)c1. The molecular weight excluding hydrogens is 456 g/mol. The fraction of sp³-hybridized carbons (Fsp3) is 0.0667. The van der Waals surface area contributed by atoms with Crippen LogP contribution in [0.1, 0.15) is 12.8 Å². The number of hydrogen-bond donors (Lipinski definition) is 0. The molecule has 1 aromatic heterocycles. The van der Waals surface area contributed by atoms with Crippen LogP contribution in [0.4, 0.5) is 0 Å². The first-order valence-electron chi connectivity index (χ1n) is 11.0. The van der Waals surface area contributed by atoms with Crippen LogP contribution < -0.4 is 10.6 Å². The second-order valence-electron chi connectivity index (χ2n) is 8.19. The van der Waals surface area contributed by atoms with Crippen LogP contribution in [0.2, 0.25) is 0 Å². The van der Waals surface area contributed by atoms with E-state index in [2.05, 4.69) is 113 Å². The zero-order valence-corrected chi connectivity index (χ0v) is 19.1. The standard InChI is InChI=1S/C30H21BrO/c31-28-19-21(20-8-2-1-3-9-20)16-17-24(28)22-10-6-11-23(18-22)25-13-7-14-27-26-12-4-5-15-29(26)32-30(25)27/h1-3,6-19H,4-5H2. The molecule has 32 heavy (non-hydrogen) atoms. The van der Waals surface area contributed by atoms with Crippen molar-refractivity contribution < 1.29 is 4.42 Å². The maximum absolute atomic E-state index is 6.31. The van der Waals surface area contributed by atoms with Gasteiger partial charge in [-0.2, -0.15) is 0 Å². The Balaban J connectivity index is 1.46. The molecule has 0 aliphatic heterocycles. The highest BCUT2D eigenvalue weighted by Gasteiger charge is 2.13. The molecule has 1 aliphatic carbocycles. The van der Waals surface area contributed by atoms with E-state index in [-0.39, 0.29) is 0 Å². The van der Waals surface area contributed by atoms with Crippen LogP contribution in [-0.4, -0.2) is 0 Å². The minimum absolute atomic E-state index is 0.975. The summed E-state index contributed by atoms with van der Waals surface area (Å²) in [5.74, 6) is 0. The number of para-hydroxylation sites is 1. The first-order valence-corrected chi connectivity index (χ1v) is 11.7. The van der Waals surface area contributed by atoms with Crippen LogP contribution >= 0.6 is 15.9 Å². The quantitative estimate of drug-likeness (QED) is 0.262. The van der Waals surface area contributed by atoms with Gasteiger partial charge in [-0.15, -0.1) is 0 Å². The predicted molar refractivity (Wildman–Crippen MR) is 138 cm³/mol. The Morgan fingerprint density at radius 2 is 1.34 bits per heavy atom. The minimum atomic E-state index is 0.975. The smallest absolute Gasteiger partial charge is 0.143 e. The Morgan fingerprint density at radius 1 is 0.594 bits per heavy atom. The summed E-state index contributed by atoms with van der Waals surface area (Å²) in [7, 11) is 0. The molecule has 6 rings (SSSR count). The Labute approximate surface area is 195 Å². The van der Waals surface area contributed by atoms with E-state index in [1.165, 1.54) is 38.4 Å². The molecule has 0 N–H and O–H groups in total. The lowest BCUT2D eigenvalue weighted by molar-refractivity contribution is 0.572. The van der Waals surface area contributed by atoms with Crippen molar-refractivity contribution in [1.29, 1.82) is 0 Å². The second-order valence-corrected chi connectivity index (χ2v) is 9.04. The molecule has 0 saturated heterocycles. The van der Waals surface area contributed by atoms with Crippen molar-refractivity contribution in [2.75, 3.05) is 0 Å². The lowest BCUT2D eigenvalue weighted by Gasteiger charge is -2.10. The number of halogens is 1. The van der Waals surface area contributed by atoms with Gasteiger partial charge < -0.3 is 4.42 Å². The number of fused-ring (bicyclic) bond motifs is 3. The van der Waals surface area contributed by atoms with E-state index in [0.29, 0.717) is 0 Å². The van der Waals surface area contributed by atoms with Crippen molar-refractivity contribution in [2.24, 2.45) is 0 Å². The fourth-order valence-electron chi connectivity index (χ4n) is 4.60. The van der Waals surface area contributed by atoms with Gasteiger partial charge in [-0.3, -0.25) is 0 Å². The minimum Gasteiger partial charge on any atom is -0.456 e. The van der Waals surface area contributed by atoms with Crippen LogP contribution in [0.25, 0.3) is 56.5 Å². The second kappa shape index (κ2) is 7.96. The van der Waals surface area contributed by atoms with Gasteiger partial charge in [-0.1, -0.05) is 101 Å². The summed E-state index contributed by atoms with van der Waals surface area (Å²) in [4.78, 5) is 0. The molecule has 1 aliphatic rings. The fourth-order valence-corrected chi connectivity index (χ4v) is 5.21. The van der Waals surface area contributed by atoms with E-state index in [1.54, 1.807) is 0 Å². The molecule has 0 bridgehead atoms. The molecule has 1 nitrogen and oxygen atoms in total. The molecule has 4 aromatic carbocycles. The summed E-state index contributed by atoms with van der Waals surface area (Å²) in [6.07, 6.45) is 6.63. The van der Waals surface area contributed by atoms with Gasteiger partial charge in [-0.05, 0) is 58.9 Å². The summed E-state index contributed by atoms with van der Waals surface area (Å²) in [5.41, 5.74) is 9.07.